The molecule has 2 heterocycles. The number of rotatable bonds is 6. The maximum absolute atomic E-state index is 13.2. The summed E-state index contributed by atoms with van der Waals surface area (Å²) in [5.41, 5.74) is 0.348. The molecule has 1 aromatic heterocycles. The maximum Gasteiger partial charge on any atom is 0.573 e. The summed E-state index contributed by atoms with van der Waals surface area (Å²) in [4.78, 5) is 31.5. The van der Waals surface area contributed by atoms with Gasteiger partial charge in [0.15, 0.2) is 0 Å². The number of carbonyl (C=O) groups excluding carboxylic acids is 2. The highest BCUT2D eigenvalue weighted by atomic mass is 19.4. The van der Waals surface area contributed by atoms with Gasteiger partial charge in [0.05, 0.1) is 31.4 Å². The van der Waals surface area contributed by atoms with E-state index >= 15 is 0 Å². The van der Waals surface area contributed by atoms with Crippen LogP contribution in [0.1, 0.15) is 17.2 Å². The van der Waals surface area contributed by atoms with E-state index in [4.69, 9.17) is 9.47 Å². The summed E-state index contributed by atoms with van der Waals surface area (Å²) >= 11 is 0. The average molecular weight is 500 g/mol. The van der Waals surface area contributed by atoms with Crippen LogP contribution in [-0.2, 0) is 9.59 Å². The van der Waals surface area contributed by atoms with Crippen molar-refractivity contribution in [3.63, 3.8) is 0 Å². The molecule has 0 spiro atoms. The molecule has 186 valence electrons. The predicted molar refractivity (Wildman–Crippen MR) is 122 cm³/mol. The zero-order valence-corrected chi connectivity index (χ0v) is 18.9. The molecule has 1 atom stereocenters. The van der Waals surface area contributed by atoms with Crippen LogP contribution in [0.3, 0.4) is 0 Å². The molecule has 1 unspecified atom stereocenters. The minimum Gasteiger partial charge on any atom is -0.507 e. The van der Waals surface area contributed by atoms with Crippen molar-refractivity contribution in [3.8, 4) is 17.2 Å². The second-order valence-electron chi connectivity index (χ2n) is 7.56. The average Bonchev–Trinajstić information content (AvgIpc) is 3.13. The van der Waals surface area contributed by atoms with Gasteiger partial charge in [-0.05, 0) is 54.1 Å². The van der Waals surface area contributed by atoms with E-state index in [1.54, 1.807) is 18.2 Å². The van der Waals surface area contributed by atoms with Gasteiger partial charge in [-0.25, -0.2) is 0 Å². The van der Waals surface area contributed by atoms with Gasteiger partial charge >= 0.3 is 6.36 Å². The molecule has 0 bridgehead atoms. The lowest BCUT2D eigenvalue weighted by Crippen LogP contribution is -2.29. The number of hydrogen-bond donors (Lipinski definition) is 1. The molecule has 2 aromatic carbocycles. The number of aromatic nitrogens is 1. The second-order valence-corrected chi connectivity index (χ2v) is 7.56. The lowest BCUT2D eigenvalue weighted by molar-refractivity contribution is -0.274. The van der Waals surface area contributed by atoms with Crippen LogP contribution in [0.5, 0.6) is 17.2 Å². The Bertz CT molecular complexity index is 1320. The summed E-state index contributed by atoms with van der Waals surface area (Å²) in [6.07, 6.45) is -1.98. The van der Waals surface area contributed by atoms with E-state index < -0.39 is 35.6 Å². The Morgan fingerprint density at radius 1 is 1.00 bits per heavy atom. The molecule has 1 fully saturated rings. The number of halogens is 3. The number of carbonyl (C=O) groups is 2. The number of ether oxygens (including phenoxy) is 3. The van der Waals surface area contributed by atoms with E-state index in [1.807, 2.05) is 0 Å². The number of ketones is 1. The van der Waals surface area contributed by atoms with Gasteiger partial charge in [0.25, 0.3) is 11.7 Å². The van der Waals surface area contributed by atoms with Crippen LogP contribution in [0.25, 0.3) is 5.76 Å². The molecule has 1 N–H and O–H groups in total. The topological polar surface area (TPSA) is 98.2 Å². The number of methoxy groups -OCH3 is 2. The quantitative estimate of drug-likeness (QED) is 0.300. The molecule has 0 saturated carbocycles. The van der Waals surface area contributed by atoms with E-state index in [-0.39, 0.29) is 22.6 Å². The standard InChI is InChI=1S/C25H19F3N2O6/c1-34-17-9-10-19(35-2)18(12-17)22(31)20-21(14-4-3-11-29-13-14)30(24(33)23(20)32)15-5-7-16(8-6-15)36-25(26,27)28/h3-13,21,31H,1-2H3/b22-20+. The number of amides is 1. The first-order valence-corrected chi connectivity index (χ1v) is 10.4. The number of aliphatic hydroxyl groups excluding tert-OH is 1. The van der Waals surface area contributed by atoms with Gasteiger partial charge in [-0.2, -0.15) is 0 Å². The number of pyridine rings is 1. The second kappa shape index (κ2) is 9.61. The Morgan fingerprint density at radius 2 is 1.69 bits per heavy atom. The zero-order chi connectivity index (χ0) is 26.0. The Balaban J connectivity index is 1.88. The Hall–Kier alpha value is -4.54. The van der Waals surface area contributed by atoms with E-state index in [9.17, 15) is 27.9 Å². The van der Waals surface area contributed by atoms with E-state index in [2.05, 4.69) is 9.72 Å². The van der Waals surface area contributed by atoms with Crippen LogP contribution in [0, 0.1) is 0 Å². The van der Waals surface area contributed by atoms with Gasteiger partial charge in [0.1, 0.15) is 23.0 Å². The molecular formula is C25H19F3N2O6. The van der Waals surface area contributed by atoms with Gasteiger partial charge in [0.2, 0.25) is 0 Å². The normalized spacial score (nSPS) is 17.2. The zero-order valence-electron chi connectivity index (χ0n) is 18.9. The SMILES string of the molecule is COc1ccc(OC)c(/C(O)=C2\C(=O)C(=O)N(c3ccc(OC(F)(F)F)cc3)C2c2cccnc2)c1. The fourth-order valence-electron chi connectivity index (χ4n) is 3.90. The number of Topliss-reactive ketones (excluding diaryl/α,β-unsaturated/α-hetero) is 1. The lowest BCUT2D eigenvalue weighted by atomic mass is 9.95. The van der Waals surface area contributed by atoms with Crippen molar-refractivity contribution in [2.24, 2.45) is 0 Å². The molecule has 8 nitrogen and oxygen atoms in total. The molecule has 3 aromatic rings. The molecule has 11 heteroatoms. The summed E-state index contributed by atoms with van der Waals surface area (Å²) in [5, 5.41) is 11.3. The maximum atomic E-state index is 13.2. The molecule has 1 saturated heterocycles. The van der Waals surface area contributed by atoms with Gasteiger partial charge in [-0.1, -0.05) is 6.07 Å². The molecular weight excluding hydrogens is 481 g/mol. The van der Waals surface area contributed by atoms with Crippen molar-refractivity contribution >= 4 is 23.1 Å². The van der Waals surface area contributed by atoms with Crippen LogP contribution in [0.15, 0.2) is 72.6 Å². The van der Waals surface area contributed by atoms with Crippen LogP contribution in [0.2, 0.25) is 0 Å². The molecule has 1 amide bonds. The Morgan fingerprint density at radius 3 is 2.28 bits per heavy atom. The number of anilines is 1. The summed E-state index contributed by atoms with van der Waals surface area (Å²) in [6.45, 7) is 0. The molecule has 0 aliphatic carbocycles. The Kier molecular flexibility index (Phi) is 6.56. The third-order valence-corrected chi connectivity index (χ3v) is 5.45. The third-order valence-electron chi connectivity index (χ3n) is 5.45. The lowest BCUT2D eigenvalue weighted by Gasteiger charge is -2.25. The van der Waals surface area contributed by atoms with Crippen molar-refractivity contribution < 1.29 is 42.1 Å². The number of aliphatic hydroxyl groups is 1. The number of alkyl halides is 3. The minimum absolute atomic E-state index is 0.108. The first kappa shape index (κ1) is 24.6. The predicted octanol–water partition coefficient (Wildman–Crippen LogP) is 4.62. The molecule has 0 radical (unpaired) electrons. The number of nitrogens with zero attached hydrogens (tertiary/aromatic N) is 2. The summed E-state index contributed by atoms with van der Waals surface area (Å²) < 4.78 is 52.1. The van der Waals surface area contributed by atoms with Crippen molar-refractivity contribution in [1.82, 2.24) is 4.98 Å². The molecule has 36 heavy (non-hydrogen) atoms. The highest BCUT2D eigenvalue weighted by Crippen LogP contribution is 2.44. The molecule has 1 aliphatic heterocycles. The fraction of sp³-hybridized carbons (Fsp3) is 0.160. The molecule has 1 aliphatic rings. The summed E-state index contributed by atoms with van der Waals surface area (Å²) in [6, 6.07) is 11.1. The van der Waals surface area contributed by atoms with E-state index in [1.165, 1.54) is 50.9 Å². The number of benzene rings is 2. The smallest absolute Gasteiger partial charge is 0.507 e. The first-order valence-electron chi connectivity index (χ1n) is 10.4. The van der Waals surface area contributed by atoms with Gasteiger partial charge in [0, 0.05) is 18.1 Å². The molecule has 4 rings (SSSR count). The van der Waals surface area contributed by atoms with Crippen molar-refractivity contribution in [2.75, 3.05) is 19.1 Å². The first-order chi connectivity index (χ1) is 17.1. The van der Waals surface area contributed by atoms with Crippen LogP contribution in [0.4, 0.5) is 18.9 Å². The number of hydrogen-bond acceptors (Lipinski definition) is 7. The van der Waals surface area contributed by atoms with Crippen LogP contribution >= 0.6 is 0 Å². The fourth-order valence-corrected chi connectivity index (χ4v) is 3.90. The highest BCUT2D eigenvalue weighted by Gasteiger charge is 2.47. The van der Waals surface area contributed by atoms with Crippen molar-refractivity contribution in [3.05, 3.63) is 83.7 Å². The van der Waals surface area contributed by atoms with Crippen molar-refractivity contribution in [1.29, 1.82) is 0 Å². The van der Waals surface area contributed by atoms with E-state index in [0.717, 1.165) is 17.0 Å². The van der Waals surface area contributed by atoms with Gasteiger partial charge in [-0.15, -0.1) is 13.2 Å². The van der Waals surface area contributed by atoms with Crippen molar-refractivity contribution in [2.45, 2.75) is 12.4 Å². The van der Waals surface area contributed by atoms with Crippen LogP contribution < -0.4 is 19.1 Å². The highest BCUT2D eigenvalue weighted by molar-refractivity contribution is 6.51. The Labute approximate surface area is 203 Å². The summed E-state index contributed by atoms with van der Waals surface area (Å²) in [7, 11) is 2.80. The van der Waals surface area contributed by atoms with Gasteiger partial charge in [-0.3, -0.25) is 19.5 Å². The third kappa shape index (κ3) is 4.67. The van der Waals surface area contributed by atoms with Gasteiger partial charge < -0.3 is 19.3 Å². The largest absolute Gasteiger partial charge is 0.573 e. The monoisotopic (exact) mass is 500 g/mol. The van der Waals surface area contributed by atoms with Crippen LogP contribution in [-0.4, -0.2) is 42.4 Å². The summed E-state index contributed by atoms with van der Waals surface area (Å²) in [5.74, 6) is -2.42. The van der Waals surface area contributed by atoms with E-state index in [0.29, 0.717) is 11.3 Å². The minimum atomic E-state index is -4.89.